The lowest BCUT2D eigenvalue weighted by Crippen LogP contribution is -2.48. The minimum absolute atomic E-state index is 0.0679. The zero-order valence-electron chi connectivity index (χ0n) is 16.4. The average Bonchev–Trinajstić information content (AvgIpc) is 2.78. The monoisotopic (exact) mass is 469 g/mol. The first-order chi connectivity index (χ1) is 14.5. The maximum atomic E-state index is 13.3. The van der Waals surface area contributed by atoms with Crippen molar-refractivity contribution in [2.45, 2.75) is 0 Å². The Labute approximate surface area is 182 Å². The molecule has 1 aliphatic heterocycles. The highest BCUT2D eigenvalue weighted by molar-refractivity contribution is 9.10. The number of rotatable bonds is 4. The maximum absolute atomic E-state index is 13.3. The molecule has 30 heavy (non-hydrogen) atoms. The molecule has 1 amide bonds. The van der Waals surface area contributed by atoms with Crippen LogP contribution in [-0.4, -0.2) is 49.0 Å². The molecule has 0 atom stereocenters. The number of nitro benzene ring substituents is 1. The van der Waals surface area contributed by atoms with Crippen LogP contribution >= 0.6 is 15.9 Å². The van der Waals surface area contributed by atoms with Crippen LogP contribution in [0.15, 0.2) is 59.1 Å². The van der Waals surface area contributed by atoms with Crippen molar-refractivity contribution in [1.29, 1.82) is 0 Å². The SMILES string of the molecule is COc1c(C(=O)N2CCN(c3ccc([N+](=O)[O-])cc3)CC2)cc2ccccc2c1Br. The van der Waals surface area contributed by atoms with E-state index in [0.717, 1.165) is 20.9 Å². The molecule has 8 heteroatoms. The molecule has 1 aliphatic rings. The summed E-state index contributed by atoms with van der Waals surface area (Å²) in [6.45, 7) is 2.42. The third kappa shape index (κ3) is 3.70. The molecule has 7 nitrogen and oxygen atoms in total. The summed E-state index contributed by atoms with van der Waals surface area (Å²) in [7, 11) is 1.57. The van der Waals surface area contributed by atoms with E-state index < -0.39 is 4.92 Å². The van der Waals surface area contributed by atoms with Crippen molar-refractivity contribution < 1.29 is 14.5 Å². The van der Waals surface area contributed by atoms with Gasteiger partial charge in [-0.15, -0.1) is 0 Å². The van der Waals surface area contributed by atoms with Gasteiger partial charge in [-0.05, 0) is 44.9 Å². The number of nitrogens with zero attached hydrogens (tertiary/aromatic N) is 3. The van der Waals surface area contributed by atoms with Crippen LogP contribution in [0, 0.1) is 10.1 Å². The summed E-state index contributed by atoms with van der Waals surface area (Å²) in [5.41, 5.74) is 1.52. The van der Waals surface area contributed by atoms with Crippen LogP contribution in [0.5, 0.6) is 5.75 Å². The Morgan fingerprint density at radius 3 is 2.37 bits per heavy atom. The number of benzene rings is 3. The van der Waals surface area contributed by atoms with Gasteiger partial charge >= 0.3 is 0 Å². The van der Waals surface area contributed by atoms with Gasteiger partial charge in [-0.2, -0.15) is 0 Å². The Balaban J connectivity index is 1.52. The Bertz CT molecular complexity index is 1110. The van der Waals surface area contributed by atoms with Gasteiger partial charge in [0, 0.05) is 44.0 Å². The lowest BCUT2D eigenvalue weighted by atomic mass is 10.0. The largest absolute Gasteiger partial charge is 0.495 e. The predicted molar refractivity (Wildman–Crippen MR) is 119 cm³/mol. The highest BCUT2D eigenvalue weighted by Crippen LogP contribution is 2.37. The number of piperazine rings is 1. The van der Waals surface area contributed by atoms with E-state index in [4.69, 9.17) is 4.74 Å². The quantitative estimate of drug-likeness (QED) is 0.415. The molecule has 1 heterocycles. The van der Waals surface area contributed by atoms with Gasteiger partial charge in [0.1, 0.15) is 5.75 Å². The fourth-order valence-corrected chi connectivity index (χ4v) is 4.50. The number of nitro groups is 1. The number of fused-ring (bicyclic) bond motifs is 1. The topological polar surface area (TPSA) is 75.9 Å². The number of hydrogen-bond acceptors (Lipinski definition) is 5. The smallest absolute Gasteiger partial charge is 0.269 e. The van der Waals surface area contributed by atoms with E-state index in [1.807, 2.05) is 35.2 Å². The Kier molecular flexibility index (Phi) is 5.59. The molecule has 4 rings (SSSR count). The molecule has 0 radical (unpaired) electrons. The molecule has 0 aliphatic carbocycles. The van der Waals surface area contributed by atoms with Crippen LogP contribution in [0.2, 0.25) is 0 Å². The number of non-ortho nitro benzene ring substituents is 1. The lowest BCUT2D eigenvalue weighted by Gasteiger charge is -2.36. The summed E-state index contributed by atoms with van der Waals surface area (Å²) in [6.07, 6.45) is 0. The highest BCUT2D eigenvalue weighted by Gasteiger charge is 2.26. The van der Waals surface area contributed by atoms with E-state index in [0.29, 0.717) is 37.5 Å². The second kappa shape index (κ2) is 8.31. The van der Waals surface area contributed by atoms with Crippen LogP contribution < -0.4 is 9.64 Å². The van der Waals surface area contributed by atoms with E-state index >= 15 is 0 Å². The number of carbonyl (C=O) groups is 1. The number of hydrogen-bond donors (Lipinski definition) is 0. The Morgan fingerprint density at radius 1 is 1.07 bits per heavy atom. The van der Waals surface area contributed by atoms with E-state index in [1.54, 1.807) is 19.2 Å². The maximum Gasteiger partial charge on any atom is 0.269 e. The fourth-order valence-electron chi connectivity index (χ4n) is 3.77. The second-order valence-electron chi connectivity index (χ2n) is 7.05. The zero-order valence-corrected chi connectivity index (χ0v) is 18.0. The van der Waals surface area contributed by atoms with E-state index in [-0.39, 0.29) is 11.6 Å². The molecule has 3 aromatic carbocycles. The predicted octanol–water partition coefficient (Wildman–Crippen LogP) is 4.48. The number of anilines is 1. The minimum atomic E-state index is -0.407. The van der Waals surface area contributed by atoms with Gasteiger partial charge in [0.05, 0.1) is 22.1 Å². The number of ether oxygens (including phenoxy) is 1. The highest BCUT2D eigenvalue weighted by atomic mass is 79.9. The third-order valence-corrected chi connectivity index (χ3v) is 6.16. The molecule has 0 spiro atoms. The minimum Gasteiger partial charge on any atom is -0.495 e. The van der Waals surface area contributed by atoms with Crippen molar-refractivity contribution in [3.8, 4) is 5.75 Å². The van der Waals surface area contributed by atoms with Crippen LogP contribution in [0.1, 0.15) is 10.4 Å². The standard InChI is InChI=1S/C22H20BrN3O4/c1-30-21-19(14-15-4-2-3-5-18(15)20(21)23)22(27)25-12-10-24(11-13-25)16-6-8-17(9-7-16)26(28)29/h2-9,14H,10-13H2,1H3. The Hall–Kier alpha value is -3.13. The number of carbonyl (C=O) groups excluding carboxylic acids is 1. The van der Waals surface area contributed by atoms with Gasteiger partial charge in [0.2, 0.25) is 0 Å². The van der Waals surface area contributed by atoms with Crippen molar-refractivity contribution >= 4 is 44.0 Å². The van der Waals surface area contributed by atoms with Crippen molar-refractivity contribution in [2.75, 3.05) is 38.2 Å². The summed E-state index contributed by atoms with van der Waals surface area (Å²) < 4.78 is 6.33. The fraction of sp³-hybridized carbons (Fsp3) is 0.227. The molecule has 0 N–H and O–H groups in total. The molecule has 0 unspecified atom stereocenters. The number of halogens is 1. The van der Waals surface area contributed by atoms with Gasteiger partial charge in [0.15, 0.2) is 0 Å². The Morgan fingerprint density at radius 2 is 1.73 bits per heavy atom. The molecule has 154 valence electrons. The van der Waals surface area contributed by atoms with Gasteiger partial charge < -0.3 is 14.5 Å². The molecule has 1 saturated heterocycles. The van der Waals surface area contributed by atoms with Crippen molar-refractivity contribution in [2.24, 2.45) is 0 Å². The summed E-state index contributed by atoms with van der Waals surface area (Å²) in [5, 5.41) is 12.8. The van der Waals surface area contributed by atoms with Crippen LogP contribution in [-0.2, 0) is 0 Å². The lowest BCUT2D eigenvalue weighted by molar-refractivity contribution is -0.384. The molecule has 0 aromatic heterocycles. The molecule has 3 aromatic rings. The normalized spacial score (nSPS) is 14.1. The van der Waals surface area contributed by atoms with Crippen molar-refractivity contribution in [1.82, 2.24) is 4.90 Å². The molecule has 0 saturated carbocycles. The van der Waals surface area contributed by atoms with E-state index in [1.165, 1.54) is 12.1 Å². The first kappa shape index (κ1) is 20.2. The van der Waals surface area contributed by atoms with Crippen molar-refractivity contribution in [3.05, 3.63) is 74.7 Å². The molecular formula is C22H20BrN3O4. The van der Waals surface area contributed by atoms with Crippen molar-refractivity contribution in [3.63, 3.8) is 0 Å². The summed E-state index contributed by atoms with van der Waals surface area (Å²) in [6, 6.07) is 16.2. The van der Waals surface area contributed by atoms with Gasteiger partial charge in [-0.3, -0.25) is 14.9 Å². The second-order valence-corrected chi connectivity index (χ2v) is 7.84. The zero-order chi connectivity index (χ0) is 21.3. The van der Waals surface area contributed by atoms with Crippen LogP contribution in [0.25, 0.3) is 10.8 Å². The first-order valence-corrected chi connectivity index (χ1v) is 10.3. The summed E-state index contributed by atoms with van der Waals surface area (Å²) >= 11 is 3.59. The molecule has 1 fully saturated rings. The van der Waals surface area contributed by atoms with Crippen LogP contribution in [0.3, 0.4) is 0 Å². The molecule has 0 bridgehead atoms. The van der Waals surface area contributed by atoms with E-state index in [2.05, 4.69) is 20.8 Å². The number of amides is 1. The summed E-state index contributed by atoms with van der Waals surface area (Å²) in [4.78, 5) is 27.6. The van der Waals surface area contributed by atoms with E-state index in [9.17, 15) is 14.9 Å². The van der Waals surface area contributed by atoms with Gasteiger partial charge in [-0.25, -0.2) is 0 Å². The average molecular weight is 470 g/mol. The molecular weight excluding hydrogens is 450 g/mol. The first-order valence-electron chi connectivity index (χ1n) is 9.53. The summed E-state index contributed by atoms with van der Waals surface area (Å²) in [5.74, 6) is 0.471. The number of methoxy groups -OCH3 is 1. The van der Waals surface area contributed by atoms with Gasteiger partial charge in [0.25, 0.3) is 11.6 Å². The van der Waals surface area contributed by atoms with Crippen LogP contribution in [0.4, 0.5) is 11.4 Å². The third-order valence-electron chi connectivity index (χ3n) is 5.37. The van der Waals surface area contributed by atoms with Gasteiger partial charge in [-0.1, -0.05) is 24.3 Å².